The third-order valence-corrected chi connectivity index (χ3v) is 2.47. The summed E-state index contributed by atoms with van der Waals surface area (Å²) in [5.74, 6) is 0. The third-order valence-electron chi connectivity index (χ3n) is 2.47. The summed E-state index contributed by atoms with van der Waals surface area (Å²) in [4.78, 5) is 15.1. The van der Waals surface area contributed by atoms with Gasteiger partial charge in [-0.3, -0.25) is 9.79 Å². The number of hydrogen-bond donors (Lipinski definition) is 0. The Hall–Kier alpha value is -2.22. The molecule has 0 saturated heterocycles. The van der Waals surface area contributed by atoms with Crippen LogP contribution in [0.1, 0.15) is 21.5 Å². The molecule has 0 aromatic heterocycles. The second kappa shape index (κ2) is 5.75. The van der Waals surface area contributed by atoms with E-state index in [0.717, 1.165) is 17.4 Å². The van der Waals surface area contributed by atoms with E-state index in [1.807, 2.05) is 48.5 Å². The molecular weight excluding hydrogens is 210 g/mol. The predicted octanol–water partition coefficient (Wildman–Crippen LogP) is 3.12. The van der Waals surface area contributed by atoms with Crippen molar-refractivity contribution in [1.29, 1.82) is 0 Å². The summed E-state index contributed by atoms with van der Waals surface area (Å²) in [6.45, 7) is 0.633. The van der Waals surface area contributed by atoms with E-state index in [9.17, 15) is 4.79 Å². The van der Waals surface area contributed by atoms with Crippen LogP contribution in [-0.2, 0) is 6.54 Å². The van der Waals surface area contributed by atoms with E-state index in [1.165, 1.54) is 0 Å². The van der Waals surface area contributed by atoms with E-state index >= 15 is 0 Å². The van der Waals surface area contributed by atoms with E-state index in [2.05, 4.69) is 4.99 Å². The molecule has 2 rings (SSSR count). The molecule has 0 bridgehead atoms. The number of aliphatic imine (C=N–C) groups is 1. The van der Waals surface area contributed by atoms with E-state index in [0.29, 0.717) is 12.1 Å². The van der Waals surface area contributed by atoms with Crippen LogP contribution in [0.5, 0.6) is 0 Å². The van der Waals surface area contributed by atoms with Crippen LogP contribution in [0.2, 0.25) is 0 Å². The molecule has 0 fully saturated rings. The third kappa shape index (κ3) is 3.11. The van der Waals surface area contributed by atoms with Gasteiger partial charge in [-0.25, -0.2) is 0 Å². The number of carbonyl (C=O) groups is 1. The molecule has 0 heterocycles. The maximum absolute atomic E-state index is 10.8. The molecule has 2 nitrogen and oxygen atoms in total. The topological polar surface area (TPSA) is 29.4 Å². The summed E-state index contributed by atoms with van der Waals surface area (Å²) in [6, 6.07) is 17.4. The fraction of sp³-hybridized carbons (Fsp3) is 0.0667. The molecule has 0 atom stereocenters. The minimum atomic E-state index is 0.633. The Kier molecular flexibility index (Phi) is 3.81. The molecule has 0 aliphatic carbocycles. The Labute approximate surface area is 101 Å². The number of nitrogens with zero attached hydrogens (tertiary/aromatic N) is 1. The largest absolute Gasteiger partial charge is 0.298 e. The minimum Gasteiger partial charge on any atom is -0.298 e. The molecule has 0 aliphatic heterocycles. The summed E-state index contributed by atoms with van der Waals surface area (Å²) in [5.41, 5.74) is 2.69. The first-order chi connectivity index (χ1) is 8.40. The van der Waals surface area contributed by atoms with Gasteiger partial charge in [0.2, 0.25) is 0 Å². The number of aldehydes is 1. The van der Waals surface area contributed by atoms with Gasteiger partial charge in [0.05, 0.1) is 6.54 Å². The van der Waals surface area contributed by atoms with Gasteiger partial charge in [0.1, 0.15) is 0 Å². The van der Waals surface area contributed by atoms with Gasteiger partial charge in [-0.1, -0.05) is 54.6 Å². The average molecular weight is 223 g/mol. The van der Waals surface area contributed by atoms with Crippen molar-refractivity contribution in [3.63, 3.8) is 0 Å². The van der Waals surface area contributed by atoms with Crippen LogP contribution in [0, 0.1) is 0 Å². The standard InChI is InChI=1S/C15H13NO/c17-12-15-9-5-4-8-14(15)11-16-10-13-6-2-1-3-7-13/h1-9,11-12H,10H2. The molecule has 0 amide bonds. The molecule has 17 heavy (non-hydrogen) atoms. The Balaban J connectivity index is 2.08. The van der Waals surface area contributed by atoms with Crippen molar-refractivity contribution < 1.29 is 4.79 Å². The number of hydrogen-bond acceptors (Lipinski definition) is 2. The van der Waals surface area contributed by atoms with Gasteiger partial charge < -0.3 is 0 Å². The lowest BCUT2D eigenvalue weighted by atomic mass is 10.1. The predicted molar refractivity (Wildman–Crippen MR) is 69.6 cm³/mol. The van der Waals surface area contributed by atoms with Gasteiger partial charge in [-0.15, -0.1) is 0 Å². The van der Waals surface area contributed by atoms with Crippen LogP contribution >= 0.6 is 0 Å². The van der Waals surface area contributed by atoms with Crippen molar-refractivity contribution in [2.24, 2.45) is 4.99 Å². The zero-order valence-corrected chi connectivity index (χ0v) is 9.41. The molecule has 2 aromatic carbocycles. The molecule has 0 N–H and O–H groups in total. The Morgan fingerprint density at radius 2 is 1.53 bits per heavy atom. The number of carbonyl (C=O) groups excluding carboxylic acids is 1. The highest BCUT2D eigenvalue weighted by Gasteiger charge is 1.95. The summed E-state index contributed by atoms with van der Waals surface area (Å²) in [7, 11) is 0. The highest BCUT2D eigenvalue weighted by molar-refractivity contribution is 5.92. The Morgan fingerprint density at radius 3 is 2.24 bits per heavy atom. The van der Waals surface area contributed by atoms with Crippen LogP contribution in [0.15, 0.2) is 59.6 Å². The van der Waals surface area contributed by atoms with Crippen molar-refractivity contribution in [3.8, 4) is 0 Å². The SMILES string of the molecule is O=Cc1ccccc1C=NCc1ccccc1. The molecule has 0 aliphatic rings. The summed E-state index contributed by atoms with van der Waals surface area (Å²) in [5, 5.41) is 0. The fourth-order valence-corrected chi connectivity index (χ4v) is 1.57. The number of rotatable bonds is 4. The Morgan fingerprint density at radius 1 is 0.882 bits per heavy atom. The van der Waals surface area contributed by atoms with E-state index < -0.39 is 0 Å². The second-order valence-corrected chi connectivity index (χ2v) is 3.70. The van der Waals surface area contributed by atoms with Gasteiger partial charge in [0, 0.05) is 17.3 Å². The quantitative estimate of drug-likeness (QED) is 0.578. The van der Waals surface area contributed by atoms with E-state index in [-0.39, 0.29) is 0 Å². The Bertz CT molecular complexity index is 517. The second-order valence-electron chi connectivity index (χ2n) is 3.70. The highest BCUT2D eigenvalue weighted by Crippen LogP contribution is 2.04. The molecule has 0 unspecified atom stereocenters. The van der Waals surface area contributed by atoms with E-state index in [1.54, 1.807) is 12.3 Å². The first-order valence-corrected chi connectivity index (χ1v) is 5.48. The molecule has 0 radical (unpaired) electrons. The molecule has 0 spiro atoms. The van der Waals surface area contributed by atoms with Crippen LogP contribution < -0.4 is 0 Å². The maximum atomic E-state index is 10.8. The van der Waals surface area contributed by atoms with E-state index in [4.69, 9.17) is 0 Å². The highest BCUT2D eigenvalue weighted by atomic mass is 16.1. The van der Waals surface area contributed by atoms with Crippen LogP contribution in [-0.4, -0.2) is 12.5 Å². The van der Waals surface area contributed by atoms with Crippen molar-refractivity contribution in [2.45, 2.75) is 6.54 Å². The smallest absolute Gasteiger partial charge is 0.150 e. The van der Waals surface area contributed by atoms with Crippen LogP contribution in [0.3, 0.4) is 0 Å². The number of benzene rings is 2. The van der Waals surface area contributed by atoms with Crippen molar-refractivity contribution in [2.75, 3.05) is 0 Å². The van der Waals surface area contributed by atoms with Crippen molar-refractivity contribution in [3.05, 3.63) is 71.3 Å². The van der Waals surface area contributed by atoms with Gasteiger partial charge in [0.15, 0.2) is 6.29 Å². The normalized spacial score (nSPS) is 10.6. The minimum absolute atomic E-state index is 0.633. The van der Waals surface area contributed by atoms with Gasteiger partial charge in [-0.05, 0) is 5.56 Å². The summed E-state index contributed by atoms with van der Waals surface area (Å²) >= 11 is 0. The molecule has 84 valence electrons. The lowest BCUT2D eigenvalue weighted by Crippen LogP contribution is -1.90. The summed E-state index contributed by atoms with van der Waals surface area (Å²) in [6.07, 6.45) is 2.60. The first kappa shape index (κ1) is 11.3. The zero-order valence-electron chi connectivity index (χ0n) is 9.41. The zero-order chi connectivity index (χ0) is 11.9. The first-order valence-electron chi connectivity index (χ1n) is 5.48. The molecule has 2 heteroatoms. The molecular formula is C15H13NO. The van der Waals surface area contributed by atoms with Crippen LogP contribution in [0.4, 0.5) is 0 Å². The monoisotopic (exact) mass is 223 g/mol. The lowest BCUT2D eigenvalue weighted by molar-refractivity contribution is 0.112. The van der Waals surface area contributed by atoms with Crippen LogP contribution in [0.25, 0.3) is 0 Å². The van der Waals surface area contributed by atoms with Crippen molar-refractivity contribution in [1.82, 2.24) is 0 Å². The lowest BCUT2D eigenvalue weighted by Gasteiger charge is -1.98. The average Bonchev–Trinajstić information content (AvgIpc) is 2.40. The van der Waals surface area contributed by atoms with Gasteiger partial charge in [-0.2, -0.15) is 0 Å². The maximum Gasteiger partial charge on any atom is 0.150 e. The van der Waals surface area contributed by atoms with Gasteiger partial charge in [0.25, 0.3) is 0 Å². The fourth-order valence-electron chi connectivity index (χ4n) is 1.57. The van der Waals surface area contributed by atoms with Gasteiger partial charge >= 0.3 is 0 Å². The summed E-state index contributed by atoms with van der Waals surface area (Å²) < 4.78 is 0. The van der Waals surface area contributed by atoms with Crippen molar-refractivity contribution >= 4 is 12.5 Å². The molecule has 2 aromatic rings. The molecule has 0 saturated carbocycles.